The van der Waals surface area contributed by atoms with Crippen LogP contribution in [0, 0.1) is 5.82 Å². The maximum Gasteiger partial charge on any atom is 0.147 e. The van der Waals surface area contributed by atoms with E-state index in [0.717, 1.165) is 0 Å². The highest BCUT2D eigenvalue weighted by molar-refractivity contribution is 7.90. The Hall–Kier alpha value is -1.14. The topological polar surface area (TPSA) is 55.4 Å². The summed E-state index contributed by atoms with van der Waals surface area (Å²) < 4.78 is 41.3. The summed E-state index contributed by atoms with van der Waals surface area (Å²) in [6.45, 7) is 2.54. The van der Waals surface area contributed by atoms with Gasteiger partial charge < -0.3 is 10.1 Å². The fraction of sp³-hybridized carbons (Fsp3) is 0.538. The van der Waals surface area contributed by atoms with Crippen LogP contribution in [0.5, 0.6) is 5.75 Å². The maximum absolute atomic E-state index is 14.0. The van der Waals surface area contributed by atoms with E-state index in [1.165, 1.54) is 19.4 Å². The van der Waals surface area contributed by atoms with Crippen molar-refractivity contribution in [3.05, 3.63) is 29.6 Å². The Morgan fingerprint density at radius 3 is 2.58 bits per heavy atom. The van der Waals surface area contributed by atoms with Gasteiger partial charge in [-0.25, -0.2) is 12.8 Å². The average Bonchev–Trinajstić information content (AvgIpc) is 2.33. The molecule has 0 aliphatic rings. The maximum atomic E-state index is 14.0. The van der Waals surface area contributed by atoms with Crippen molar-refractivity contribution in [3.8, 4) is 5.75 Å². The van der Waals surface area contributed by atoms with Crippen LogP contribution < -0.4 is 10.1 Å². The van der Waals surface area contributed by atoms with Gasteiger partial charge in [-0.05, 0) is 19.0 Å². The van der Waals surface area contributed by atoms with Gasteiger partial charge in [-0.3, -0.25) is 0 Å². The zero-order valence-corrected chi connectivity index (χ0v) is 12.3. The molecular formula is C13H20FNO3S. The van der Waals surface area contributed by atoms with Crippen molar-refractivity contribution in [3.63, 3.8) is 0 Å². The molecule has 0 spiro atoms. The van der Waals surface area contributed by atoms with Crippen LogP contribution in [-0.2, 0) is 9.84 Å². The van der Waals surface area contributed by atoms with Gasteiger partial charge in [-0.15, -0.1) is 0 Å². The first-order valence-electron chi connectivity index (χ1n) is 6.12. The fourth-order valence-electron chi connectivity index (χ4n) is 1.86. The van der Waals surface area contributed by atoms with Crippen molar-refractivity contribution in [2.75, 3.05) is 25.7 Å². The molecule has 1 unspecified atom stereocenters. The van der Waals surface area contributed by atoms with Crippen LogP contribution in [0.1, 0.15) is 24.9 Å². The lowest BCUT2D eigenvalue weighted by molar-refractivity contribution is 0.409. The molecule has 1 N–H and O–H groups in total. The minimum absolute atomic E-state index is 0.0239. The number of benzene rings is 1. The van der Waals surface area contributed by atoms with E-state index in [-0.39, 0.29) is 17.6 Å². The smallest absolute Gasteiger partial charge is 0.147 e. The lowest BCUT2D eigenvalue weighted by Gasteiger charge is -2.19. The molecular weight excluding hydrogens is 269 g/mol. The first-order chi connectivity index (χ1) is 8.87. The van der Waals surface area contributed by atoms with Crippen LogP contribution in [0.3, 0.4) is 0 Å². The van der Waals surface area contributed by atoms with E-state index < -0.39 is 9.84 Å². The van der Waals surface area contributed by atoms with E-state index in [2.05, 4.69) is 5.32 Å². The number of halogens is 1. The summed E-state index contributed by atoms with van der Waals surface area (Å²) in [5.74, 6) is 0.0780. The molecule has 0 aliphatic carbocycles. The fourth-order valence-corrected chi connectivity index (χ4v) is 2.53. The molecule has 0 amide bonds. The molecule has 1 rings (SSSR count). The number of methoxy groups -OCH3 is 1. The highest BCUT2D eigenvalue weighted by Crippen LogP contribution is 2.24. The minimum atomic E-state index is -3.06. The Bertz CT molecular complexity index is 517. The number of hydrogen-bond acceptors (Lipinski definition) is 4. The quantitative estimate of drug-likeness (QED) is 0.833. The lowest BCUT2D eigenvalue weighted by atomic mass is 10.0. The second-order valence-electron chi connectivity index (χ2n) is 4.42. The monoisotopic (exact) mass is 289 g/mol. The summed E-state index contributed by atoms with van der Waals surface area (Å²) in [7, 11) is -1.59. The summed E-state index contributed by atoms with van der Waals surface area (Å²) >= 11 is 0. The predicted octanol–water partition coefficient (Wildman–Crippen LogP) is 1.92. The Labute approximate surface area is 113 Å². The summed E-state index contributed by atoms with van der Waals surface area (Å²) in [6.07, 6.45) is 1.52. The number of ether oxygens (including phenoxy) is 1. The second kappa shape index (κ2) is 6.86. The highest BCUT2D eigenvalue weighted by atomic mass is 32.2. The van der Waals surface area contributed by atoms with Gasteiger partial charge in [0.2, 0.25) is 0 Å². The summed E-state index contributed by atoms with van der Waals surface area (Å²) in [6, 6.07) is 4.29. The van der Waals surface area contributed by atoms with Crippen molar-refractivity contribution in [1.82, 2.24) is 5.32 Å². The SMILES string of the molecule is CCNC(CCS(C)(=O)=O)c1ccc(OC)cc1F. The van der Waals surface area contributed by atoms with Crippen molar-refractivity contribution in [2.45, 2.75) is 19.4 Å². The Balaban J connectivity index is 2.92. The van der Waals surface area contributed by atoms with E-state index in [1.54, 1.807) is 12.1 Å². The molecule has 0 aliphatic heterocycles. The number of nitrogens with one attached hydrogen (secondary N) is 1. The van der Waals surface area contributed by atoms with Crippen molar-refractivity contribution < 1.29 is 17.5 Å². The molecule has 4 nitrogen and oxygen atoms in total. The molecule has 1 aromatic carbocycles. The number of sulfone groups is 1. The van der Waals surface area contributed by atoms with E-state index in [9.17, 15) is 12.8 Å². The van der Waals surface area contributed by atoms with Gasteiger partial charge in [0, 0.05) is 23.9 Å². The number of hydrogen-bond donors (Lipinski definition) is 1. The van der Waals surface area contributed by atoms with Gasteiger partial charge in [-0.2, -0.15) is 0 Å². The van der Waals surface area contributed by atoms with Gasteiger partial charge >= 0.3 is 0 Å². The number of rotatable bonds is 7. The van der Waals surface area contributed by atoms with Crippen LogP contribution in [0.15, 0.2) is 18.2 Å². The molecule has 1 aromatic rings. The molecule has 0 saturated heterocycles. The second-order valence-corrected chi connectivity index (χ2v) is 6.68. The van der Waals surface area contributed by atoms with Gasteiger partial charge in [-0.1, -0.05) is 13.0 Å². The van der Waals surface area contributed by atoms with Gasteiger partial charge in [0.25, 0.3) is 0 Å². The van der Waals surface area contributed by atoms with Crippen LogP contribution in [0.4, 0.5) is 4.39 Å². The van der Waals surface area contributed by atoms with Crippen LogP contribution in [-0.4, -0.2) is 34.1 Å². The predicted molar refractivity (Wildman–Crippen MR) is 73.7 cm³/mol. The third kappa shape index (κ3) is 5.16. The third-order valence-corrected chi connectivity index (χ3v) is 3.79. The first-order valence-corrected chi connectivity index (χ1v) is 8.18. The normalized spacial score (nSPS) is 13.3. The molecule has 0 bridgehead atoms. The molecule has 0 saturated carbocycles. The van der Waals surface area contributed by atoms with E-state index in [4.69, 9.17) is 4.74 Å². The third-order valence-electron chi connectivity index (χ3n) is 2.81. The van der Waals surface area contributed by atoms with Crippen LogP contribution in [0.2, 0.25) is 0 Å². The van der Waals surface area contributed by atoms with Gasteiger partial charge in [0.1, 0.15) is 21.4 Å². The standard InChI is InChI=1S/C13H20FNO3S/c1-4-15-13(7-8-19(3,16)17)11-6-5-10(18-2)9-12(11)14/h5-6,9,13,15H,4,7-8H2,1-3H3. The van der Waals surface area contributed by atoms with Crippen LogP contribution >= 0.6 is 0 Å². The van der Waals surface area contributed by atoms with E-state index in [0.29, 0.717) is 24.3 Å². The zero-order valence-electron chi connectivity index (χ0n) is 11.4. The average molecular weight is 289 g/mol. The largest absolute Gasteiger partial charge is 0.497 e. The van der Waals surface area contributed by atoms with Crippen LogP contribution in [0.25, 0.3) is 0 Å². The van der Waals surface area contributed by atoms with Gasteiger partial charge in [0.15, 0.2) is 0 Å². The molecule has 108 valence electrons. The van der Waals surface area contributed by atoms with Crippen molar-refractivity contribution in [1.29, 1.82) is 0 Å². The van der Waals surface area contributed by atoms with Crippen molar-refractivity contribution in [2.24, 2.45) is 0 Å². The summed E-state index contributed by atoms with van der Waals surface area (Å²) in [5.41, 5.74) is 0.464. The molecule has 6 heteroatoms. The lowest BCUT2D eigenvalue weighted by Crippen LogP contribution is -2.24. The van der Waals surface area contributed by atoms with Crippen molar-refractivity contribution >= 4 is 9.84 Å². The molecule has 0 heterocycles. The Morgan fingerprint density at radius 1 is 1.42 bits per heavy atom. The Kier molecular flexibility index (Phi) is 5.75. The molecule has 0 aromatic heterocycles. The van der Waals surface area contributed by atoms with Gasteiger partial charge in [0.05, 0.1) is 12.9 Å². The minimum Gasteiger partial charge on any atom is -0.497 e. The molecule has 19 heavy (non-hydrogen) atoms. The molecule has 1 atom stereocenters. The summed E-state index contributed by atoms with van der Waals surface area (Å²) in [5, 5.41) is 3.10. The highest BCUT2D eigenvalue weighted by Gasteiger charge is 2.17. The first kappa shape index (κ1) is 15.9. The zero-order chi connectivity index (χ0) is 14.5. The molecule has 0 fully saturated rings. The Morgan fingerprint density at radius 2 is 2.11 bits per heavy atom. The molecule has 0 radical (unpaired) electrons. The van der Waals surface area contributed by atoms with E-state index in [1.807, 2.05) is 6.92 Å². The summed E-state index contributed by atoms with van der Waals surface area (Å²) in [4.78, 5) is 0. The van der Waals surface area contributed by atoms with E-state index >= 15 is 0 Å².